The number of esters is 1. The van der Waals surface area contributed by atoms with Gasteiger partial charge in [-0.15, -0.1) is 0 Å². The van der Waals surface area contributed by atoms with Crippen molar-refractivity contribution in [2.24, 2.45) is 0 Å². The average molecular weight is 205 g/mol. The van der Waals surface area contributed by atoms with Gasteiger partial charge in [0.25, 0.3) is 5.91 Å². The van der Waals surface area contributed by atoms with Crippen LogP contribution in [0.1, 0.15) is 31.8 Å². The Morgan fingerprint density at radius 1 is 1.47 bits per heavy atom. The molecule has 1 aromatic carbocycles. The third-order valence-corrected chi connectivity index (χ3v) is 2.58. The normalized spacial score (nSPS) is 13.3. The zero-order valence-corrected chi connectivity index (χ0v) is 8.59. The molecule has 2 rings (SSSR count). The van der Waals surface area contributed by atoms with E-state index in [1.54, 1.807) is 12.1 Å². The molecule has 1 heterocycles. The molecule has 0 radical (unpaired) electrons. The molecule has 1 aromatic rings. The van der Waals surface area contributed by atoms with Crippen LogP contribution in [0, 0.1) is 6.92 Å². The summed E-state index contributed by atoms with van der Waals surface area (Å²) in [5, 5.41) is 2.70. The molecule has 78 valence electrons. The smallest absolute Gasteiger partial charge is 0.338 e. The van der Waals surface area contributed by atoms with E-state index in [0.29, 0.717) is 17.7 Å². The van der Waals surface area contributed by atoms with Crippen LogP contribution in [0.15, 0.2) is 12.1 Å². The van der Waals surface area contributed by atoms with Gasteiger partial charge in [-0.2, -0.15) is 0 Å². The lowest BCUT2D eigenvalue weighted by Crippen LogP contribution is -2.13. The van der Waals surface area contributed by atoms with Crippen LogP contribution in [0.4, 0.5) is 0 Å². The summed E-state index contributed by atoms with van der Waals surface area (Å²) in [7, 11) is 1.33. The van der Waals surface area contributed by atoms with Crippen LogP contribution in [-0.4, -0.2) is 19.0 Å². The van der Waals surface area contributed by atoms with Gasteiger partial charge in [-0.1, -0.05) is 6.07 Å². The van der Waals surface area contributed by atoms with E-state index in [0.717, 1.165) is 11.1 Å². The summed E-state index contributed by atoms with van der Waals surface area (Å²) in [5.41, 5.74) is 2.70. The van der Waals surface area contributed by atoms with E-state index in [-0.39, 0.29) is 5.91 Å². The van der Waals surface area contributed by atoms with Crippen LogP contribution in [0.5, 0.6) is 0 Å². The van der Waals surface area contributed by atoms with Crippen molar-refractivity contribution in [1.29, 1.82) is 0 Å². The summed E-state index contributed by atoms with van der Waals surface area (Å²) in [4.78, 5) is 22.9. The van der Waals surface area contributed by atoms with E-state index >= 15 is 0 Å². The molecule has 1 amide bonds. The maximum absolute atomic E-state index is 11.5. The van der Waals surface area contributed by atoms with Gasteiger partial charge < -0.3 is 10.1 Å². The lowest BCUT2D eigenvalue weighted by atomic mass is 9.99. The maximum Gasteiger partial charge on any atom is 0.338 e. The van der Waals surface area contributed by atoms with Gasteiger partial charge in [0.2, 0.25) is 0 Å². The Labute approximate surface area is 87.2 Å². The van der Waals surface area contributed by atoms with E-state index in [1.807, 2.05) is 6.92 Å². The van der Waals surface area contributed by atoms with E-state index in [4.69, 9.17) is 0 Å². The molecule has 4 heteroatoms. The first-order chi connectivity index (χ1) is 7.15. The second kappa shape index (κ2) is 3.38. The molecule has 4 nitrogen and oxygen atoms in total. The van der Waals surface area contributed by atoms with Crippen molar-refractivity contribution in [1.82, 2.24) is 5.32 Å². The number of benzene rings is 1. The summed E-state index contributed by atoms with van der Waals surface area (Å²) in [6.45, 7) is 2.26. The number of carbonyl (C=O) groups is 2. The first-order valence-electron chi connectivity index (χ1n) is 4.64. The molecule has 0 fully saturated rings. The highest BCUT2D eigenvalue weighted by Crippen LogP contribution is 2.23. The molecular formula is C11H11NO3. The number of nitrogens with one attached hydrogen (secondary N) is 1. The van der Waals surface area contributed by atoms with Crippen molar-refractivity contribution in [3.8, 4) is 0 Å². The third-order valence-electron chi connectivity index (χ3n) is 2.58. The third kappa shape index (κ3) is 1.38. The van der Waals surface area contributed by atoms with Crippen LogP contribution >= 0.6 is 0 Å². The average Bonchev–Trinajstić information content (AvgIpc) is 2.61. The second-order valence-corrected chi connectivity index (χ2v) is 3.46. The molecule has 1 aliphatic heterocycles. The topological polar surface area (TPSA) is 55.4 Å². The number of fused-ring (bicyclic) bond motifs is 1. The molecule has 0 bridgehead atoms. The lowest BCUT2D eigenvalue weighted by Gasteiger charge is -2.06. The summed E-state index contributed by atoms with van der Waals surface area (Å²) in [6, 6.07) is 3.45. The summed E-state index contributed by atoms with van der Waals surface area (Å²) >= 11 is 0. The molecule has 1 N–H and O–H groups in total. The number of hydrogen-bond donors (Lipinski definition) is 1. The highest BCUT2D eigenvalue weighted by molar-refractivity contribution is 6.04. The minimum Gasteiger partial charge on any atom is -0.465 e. The van der Waals surface area contributed by atoms with Crippen molar-refractivity contribution in [3.63, 3.8) is 0 Å². The Balaban J connectivity index is 2.62. The maximum atomic E-state index is 11.5. The van der Waals surface area contributed by atoms with Gasteiger partial charge in [0.1, 0.15) is 0 Å². The number of hydrogen-bond acceptors (Lipinski definition) is 3. The summed E-state index contributed by atoms with van der Waals surface area (Å²) < 4.78 is 4.66. The zero-order chi connectivity index (χ0) is 11.0. The van der Waals surface area contributed by atoms with Crippen LogP contribution in [0.25, 0.3) is 0 Å². The van der Waals surface area contributed by atoms with Gasteiger partial charge in [0.05, 0.1) is 12.7 Å². The van der Waals surface area contributed by atoms with Crippen molar-refractivity contribution in [2.75, 3.05) is 7.11 Å². The van der Waals surface area contributed by atoms with Crippen LogP contribution in [0.2, 0.25) is 0 Å². The first kappa shape index (κ1) is 9.71. The molecule has 0 aromatic heterocycles. The molecule has 1 aliphatic rings. The number of methoxy groups -OCH3 is 1. The first-order valence-corrected chi connectivity index (χ1v) is 4.64. The fourth-order valence-electron chi connectivity index (χ4n) is 1.82. The van der Waals surface area contributed by atoms with Crippen LogP contribution < -0.4 is 5.32 Å². The van der Waals surface area contributed by atoms with Crippen molar-refractivity contribution in [3.05, 3.63) is 34.4 Å². The van der Waals surface area contributed by atoms with Gasteiger partial charge in [0.15, 0.2) is 0 Å². The van der Waals surface area contributed by atoms with Gasteiger partial charge in [-0.25, -0.2) is 4.79 Å². The van der Waals surface area contributed by atoms with Crippen LogP contribution in [0.3, 0.4) is 0 Å². The van der Waals surface area contributed by atoms with Crippen molar-refractivity contribution in [2.45, 2.75) is 13.5 Å². The van der Waals surface area contributed by atoms with Crippen LogP contribution in [-0.2, 0) is 11.3 Å². The monoisotopic (exact) mass is 205 g/mol. The number of ether oxygens (including phenoxy) is 1. The molecule has 0 unspecified atom stereocenters. The fourth-order valence-corrected chi connectivity index (χ4v) is 1.82. The predicted molar refractivity (Wildman–Crippen MR) is 53.7 cm³/mol. The minimum absolute atomic E-state index is 0.117. The fraction of sp³-hybridized carbons (Fsp3) is 0.273. The molecular weight excluding hydrogens is 194 g/mol. The number of rotatable bonds is 1. The lowest BCUT2D eigenvalue weighted by molar-refractivity contribution is 0.0599. The molecule has 0 atom stereocenters. The predicted octanol–water partition coefficient (Wildman–Crippen LogP) is 1.03. The van der Waals surface area contributed by atoms with Gasteiger partial charge in [-0.3, -0.25) is 4.79 Å². The van der Waals surface area contributed by atoms with Gasteiger partial charge >= 0.3 is 5.97 Å². The number of amides is 1. The Bertz CT molecular complexity index is 451. The van der Waals surface area contributed by atoms with Crippen molar-refractivity contribution >= 4 is 11.9 Å². The molecule has 0 aliphatic carbocycles. The Hall–Kier alpha value is -1.84. The SMILES string of the molecule is COC(=O)c1ccc(C)c2c1CNC2=O. The van der Waals surface area contributed by atoms with E-state index in [2.05, 4.69) is 10.1 Å². The minimum atomic E-state index is -0.400. The molecule has 0 spiro atoms. The zero-order valence-electron chi connectivity index (χ0n) is 8.59. The Morgan fingerprint density at radius 2 is 2.20 bits per heavy atom. The number of aryl methyl sites for hydroxylation is 1. The summed E-state index contributed by atoms with van der Waals surface area (Å²) in [5.74, 6) is -0.518. The highest BCUT2D eigenvalue weighted by atomic mass is 16.5. The number of carbonyl (C=O) groups excluding carboxylic acids is 2. The summed E-state index contributed by atoms with van der Waals surface area (Å²) in [6.07, 6.45) is 0. The van der Waals surface area contributed by atoms with E-state index in [1.165, 1.54) is 7.11 Å². The largest absolute Gasteiger partial charge is 0.465 e. The van der Waals surface area contributed by atoms with Gasteiger partial charge in [-0.05, 0) is 24.1 Å². The van der Waals surface area contributed by atoms with Gasteiger partial charge in [0, 0.05) is 12.1 Å². The quantitative estimate of drug-likeness (QED) is 0.696. The molecule has 15 heavy (non-hydrogen) atoms. The van der Waals surface area contributed by atoms with Crippen molar-refractivity contribution < 1.29 is 14.3 Å². The molecule has 0 saturated heterocycles. The Morgan fingerprint density at radius 3 is 2.87 bits per heavy atom. The van der Waals surface area contributed by atoms with E-state index < -0.39 is 5.97 Å². The van der Waals surface area contributed by atoms with E-state index in [9.17, 15) is 9.59 Å². The molecule has 0 saturated carbocycles. The standard InChI is InChI=1S/C11H11NO3/c1-6-3-4-7(11(14)15-2)8-5-12-10(13)9(6)8/h3-4H,5H2,1-2H3,(H,12,13). The second-order valence-electron chi connectivity index (χ2n) is 3.46. The highest BCUT2D eigenvalue weighted by Gasteiger charge is 2.26. The Kier molecular flexibility index (Phi) is 2.19.